The molecule has 3 rings (SSSR count). The molecule has 0 heterocycles. The average molecular weight is 283 g/mol. The number of carbonyl (C=O) groups excluding carboxylic acids is 1. The number of aliphatic imine (C=N–C) groups is 1. The van der Waals surface area contributed by atoms with Crippen molar-refractivity contribution in [2.75, 3.05) is 0 Å². The smallest absolute Gasteiger partial charge is 0.205 e. The average Bonchev–Trinajstić information content (AvgIpc) is 2.58. The van der Waals surface area contributed by atoms with Gasteiger partial charge in [0.2, 0.25) is 5.78 Å². The normalized spacial score (nSPS) is 15.2. The van der Waals surface area contributed by atoms with Gasteiger partial charge in [0.25, 0.3) is 0 Å². The molecule has 1 aliphatic carbocycles. The van der Waals surface area contributed by atoms with Crippen molar-refractivity contribution in [1.29, 1.82) is 10.5 Å². The number of hydrogen-bond donors (Lipinski definition) is 0. The predicted octanol–water partition coefficient (Wildman–Crippen LogP) is 3.35. The number of fused-ring (bicyclic) bond motifs is 1. The van der Waals surface area contributed by atoms with Crippen molar-refractivity contribution in [2.24, 2.45) is 4.99 Å². The summed E-state index contributed by atoms with van der Waals surface area (Å²) in [7, 11) is 0. The van der Waals surface area contributed by atoms with Gasteiger partial charge in [-0.05, 0) is 12.1 Å². The molecular formula is C18H9N3O. The zero-order valence-corrected chi connectivity index (χ0v) is 11.4. The SMILES string of the molecule is N#CC1=C(C#N)C(=Nc2ccccc2)c2ccccc2C1=O. The van der Waals surface area contributed by atoms with Crippen LogP contribution in [-0.2, 0) is 0 Å². The van der Waals surface area contributed by atoms with Crippen LogP contribution >= 0.6 is 0 Å². The summed E-state index contributed by atoms with van der Waals surface area (Å²) in [5, 5.41) is 18.6. The monoisotopic (exact) mass is 283 g/mol. The molecule has 0 atom stereocenters. The largest absolute Gasteiger partial charge is 0.288 e. The molecule has 0 N–H and O–H groups in total. The summed E-state index contributed by atoms with van der Waals surface area (Å²) in [5.74, 6) is -0.429. The fourth-order valence-corrected chi connectivity index (χ4v) is 2.35. The molecule has 2 aromatic carbocycles. The van der Waals surface area contributed by atoms with E-state index in [2.05, 4.69) is 4.99 Å². The Kier molecular flexibility index (Phi) is 3.35. The highest BCUT2D eigenvalue weighted by molar-refractivity contribution is 6.31. The second-order valence-corrected chi connectivity index (χ2v) is 4.64. The van der Waals surface area contributed by atoms with Crippen LogP contribution in [0.2, 0.25) is 0 Å². The fourth-order valence-electron chi connectivity index (χ4n) is 2.35. The molecule has 0 amide bonds. The topological polar surface area (TPSA) is 77.0 Å². The molecule has 0 aliphatic heterocycles. The fraction of sp³-hybridized carbons (Fsp3) is 0. The van der Waals surface area contributed by atoms with Gasteiger partial charge in [-0.15, -0.1) is 0 Å². The molecule has 0 fully saturated rings. The maximum atomic E-state index is 12.3. The van der Waals surface area contributed by atoms with Crippen LogP contribution in [0.25, 0.3) is 0 Å². The van der Waals surface area contributed by atoms with Gasteiger partial charge in [-0.25, -0.2) is 4.99 Å². The summed E-state index contributed by atoms with van der Waals surface area (Å²) in [6, 6.07) is 19.8. The molecule has 0 saturated heterocycles. The first kappa shape index (κ1) is 13.5. The van der Waals surface area contributed by atoms with Crippen molar-refractivity contribution >= 4 is 17.2 Å². The lowest BCUT2D eigenvalue weighted by molar-refractivity contribution is 0.103. The van der Waals surface area contributed by atoms with Crippen molar-refractivity contribution in [3.63, 3.8) is 0 Å². The number of nitriles is 2. The lowest BCUT2D eigenvalue weighted by Gasteiger charge is -2.16. The van der Waals surface area contributed by atoms with Gasteiger partial charge < -0.3 is 0 Å². The first-order valence-corrected chi connectivity index (χ1v) is 6.59. The van der Waals surface area contributed by atoms with Gasteiger partial charge >= 0.3 is 0 Å². The van der Waals surface area contributed by atoms with Crippen molar-refractivity contribution < 1.29 is 4.79 Å². The second kappa shape index (κ2) is 5.47. The number of Topliss-reactive ketones (excluding diaryl/α,β-unsaturated/α-hetero) is 1. The molecule has 0 radical (unpaired) electrons. The molecule has 0 spiro atoms. The minimum absolute atomic E-state index is 0.0232. The molecular weight excluding hydrogens is 274 g/mol. The van der Waals surface area contributed by atoms with E-state index < -0.39 is 5.78 Å². The predicted molar refractivity (Wildman–Crippen MR) is 81.7 cm³/mol. The van der Waals surface area contributed by atoms with Crippen LogP contribution in [0, 0.1) is 22.7 Å². The maximum Gasteiger partial charge on any atom is 0.205 e. The number of rotatable bonds is 1. The Morgan fingerprint density at radius 3 is 2.00 bits per heavy atom. The van der Waals surface area contributed by atoms with Crippen LogP contribution in [0.5, 0.6) is 0 Å². The van der Waals surface area contributed by atoms with Gasteiger partial charge in [0, 0.05) is 11.1 Å². The minimum Gasteiger partial charge on any atom is -0.288 e. The van der Waals surface area contributed by atoms with Crippen LogP contribution in [-0.4, -0.2) is 11.5 Å². The molecule has 2 aromatic rings. The molecule has 0 saturated carbocycles. The minimum atomic E-state index is -0.429. The molecule has 4 heteroatoms. The Bertz CT molecular complexity index is 909. The molecule has 102 valence electrons. The summed E-state index contributed by atoms with van der Waals surface area (Å²) >= 11 is 0. The van der Waals surface area contributed by atoms with Crippen molar-refractivity contribution in [3.8, 4) is 12.1 Å². The van der Waals surface area contributed by atoms with E-state index in [0.29, 0.717) is 22.5 Å². The zero-order chi connectivity index (χ0) is 15.5. The summed E-state index contributed by atoms with van der Waals surface area (Å²) in [6.45, 7) is 0. The maximum absolute atomic E-state index is 12.3. The van der Waals surface area contributed by atoms with Crippen molar-refractivity contribution in [1.82, 2.24) is 0 Å². The summed E-state index contributed by atoms with van der Waals surface area (Å²) < 4.78 is 0. The van der Waals surface area contributed by atoms with Gasteiger partial charge in [-0.1, -0.05) is 42.5 Å². The van der Waals surface area contributed by atoms with Crippen molar-refractivity contribution in [3.05, 3.63) is 76.9 Å². The standard InChI is InChI=1S/C18H9N3O/c19-10-15-16(11-20)18(22)14-9-5-4-8-13(14)17(15)21-12-6-2-1-3-7-12/h1-9H. The first-order chi connectivity index (χ1) is 10.8. The highest BCUT2D eigenvalue weighted by Crippen LogP contribution is 2.28. The van der Waals surface area contributed by atoms with E-state index in [1.54, 1.807) is 36.4 Å². The zero-order valence-electron chi connectivity index (χ0n) is 11.4. The second-order valence-electron chi connectivity index (χ2n) is 4.64. The van der Waals surface area contributed by atoms with Crippen LogP contribution in [0.15, 0.2) is 70.7 Å². The molecule has 1 aliphatic rings. The van der Waals surface area contributed by atoms with Crippen LogP contribution < -0.4 is 0 Å². The third-order valence-corrected chi connectivity index (χ3v) is 3.36. The Hall–Kier alpha value is -3.50. The highest BCUT2D eigenvalue weighted by atomic mass is 16.1. The van der Waals surface area contributed by atoms with Gasteiger partial charge in [0.1, 0.15) is 23.3 Å². The molecule has 22 heavy (non-hydrogen) atoms. The molecule has 0 unspecified atom stereocenters. The van der Waals surface area contributed by atoms with E-state index in [4.69, 9.17) is 0 Å². The van der Waals surface area contributed by atoms with E-state index in [1.807, 2.05) is 30.3 Å². The van der Waals surface area contributed by atoms with E-state index in [0.717, 1.165) is 0 Å². The lowest BCUT2D eigenvalue weighted by Crippen LogP contribution is -2.21. The van der Waals surface area contributed by atoms with E-state index >= 15 is 0 Å². The first-order valence-electron chi connectivity index (χ1n) is 6.59. The van der Waals surface area contributed by atoms with Gasteiger partial charge in [-0.3, -0.25) is 4.79 Å². The lowest BCUT2D eigenvalue weighted by atomic mass is 9.84. The molecule has 4 nitrogen and oxygen atoms in total. The number of allylic oxidation sites excluding steroid dienone is 2. The number of para-hydroxylation sites is 1. The van der Waals surface area contributed by atoms with E-state index in [-0.39, 0.29) is 11.1 Å². The van der Waals surface area contributed by atoms with Crippen LogP contribution in [0.1, 0.15) is 15.9 Å². The van der Waals surface area contributed by atoms with Crippen molar-refractivity contribution in [2.45, 2.75) is 0 Å². The Balaban J connectivity index is 2.32. The number of nitrogens with zero attached hydrogens (tertiary/aromatic N) is 3. The Morgan fingerprint density at radius 1 is 0.773 bits per heavy atom. The van der Waals surface area contributed by atoms with Gasteiger partial charge in [0.15, 0.2) is 0 Å². The highest BCUT2D eigenvalue weighted by Gasteiger charge is 2.30. The third kappa shape index (κ3) is 2.09. The van der Waals surface area contributed by atoms with Gasteiger partial charge in [0.05, 0.1) is 11.4 Å². The number of ketones is 1. The quantitative estimate of drug-likeness (QED) is 0.805. The number of carbonyl (C=O) groups is 1. The molecule has 0 bridgehead atoms. The summed E-state index contributed by atoms with van der Waals surface area (Å²) in [5.41, 5.74) is 1.86. The third-order valence-electron chi connectivity index (χ3n) is 3.36. The van der Waals surface area contributed by atoms with E-state index in [9.17, 15) is 15.3 Å². The molecule has 0 aromatic heterocycles. The number of hydrogen-bond acceptors (Lipinski definition) is 4. The Labute approximate surface area is 127 Å². The number of benzene rings is 2. The summed E-state index contributed by atoms with van der Waals surface area (Å²) in [6.07, 6.45) is 0. The Morgan fingerprint density at radius 2 is 1.36 bits per heavy atom. The van der Waals surface area contributed by atoms with E-state index in [1.165, 1.54) is 0 Å². The van der Waals surface area contributed by atoms with Crippen LogP contribution in [0.4, 0.5) is 5.69 Å². The van der Waals surface area contributed by atoms with Crippen LogP contribution in [0.3, 0.4) is 0 Å². The van der Waals surface area contributed by atoms with Gasteiger partial charge in [-0.2, -0.15) is 10.5 Å². The summed E-state index contributed by atoms with van der Waals surface area (Å²) in [4.78, 5) is 16.8.